The number of sulfone groups is 1. The third-order valence-corrected chi connectivity index (χ3v) is 4.82. The number of amides is 1. The average Bonchev–Trinajstić information content (AvgIpc) is 2.95. The predicted molar refractivity (Wildman–Crippen MR) is 78.5 cm³/mol. The number of hydrogen-bond donors (Lipinski definition) is 1. The number of aryl methyl sites for hydroxylation is 1. The van der Waals surface area contributed by atoms with Crippen LogP contribution in [-0.2, 0) is 21.1 Å². The minimum Gasteiger partial charge on any atom is -0.348 e. The predicted octanol–water partition coefficient (Wildman–Crippen LogP) is 0.612. The highest BCUT2D eigenvalue weighted by atomic mass is 32.2. The lowest BCUT2D eigenvalue weighted by atomic mass is 10.2. The summed E-state index contributed by atoms with van der Waals surface area (Å²) < 4.78 is 24.5. The second-order valence-corrected chi connectivity index (χ2v) is 7.07. The van der Waals surface area contributed by atoms with Crippen molar-refractivity contribution >= 4 is 21.4 Å². The number of hydrogen-bond acceptors (Lipinski definition) is 4. The van der Waals surface area contributed by atoms with Gasteiger partial charge in [0, 0.05) is 17.8 Å². The van der Waals surface area contributed by atoms with Crippen LogP contribution < -0.4 is 5.32 Å². The first-order valence-corrected chi connectivity index (χ1v) is 8.28. The molecule has 0 saturated heterocycles. The molecule has 1 aliphatic rings. The number of nitrogens with zero attached hydrogens (tertiary/aromatic N) is 2. The molecule has 1 atom stereocenters. The SMILES string of the molecule is Cc1cccn2c(CC(=O)N[C@@H]3C=CS(=O)(=O)C3)cnc12. The number of imidazole rings is 1. The Morgan fingerprint density at radius 2 is 2.33 bits per heavy atom. The lowest BCUT2D eigenvalue weighted by Crippen LogP contribution is -2.36. The van der Waals surface area contributed by atoms with E-state index >= 15 is 0 Å². The Morgan fingerprint density at radius 1 is 1.52 bits per heavy atom. The quantitative estimate of drug-likeness (QED) is 0.901. The van der Waals surface area contributed by atoms with Crippen molar-refractivity contribution in [3.05, 3.63) is 47.3 Å². The highest BCUT2D eigenvalue weighted by Gasteiger charge is 2.23. The van der Waals surface area contributed by atoms with E-state index in [4.69, 9.17) is 0 Å². The molecule has 7 heteroatoms. The van der Waals surface area contributed by atoms with Gasteiger partial charge < -0.3 is 9.72 Å². The molecule has 0 aromatic carbocycles. The van der Waals surface area contributed by atoms with Crippen LogP contribution in [0.15, 0.2) is 36.0 Å². The number of fused-ring (bicyclic) bond motifs is 1. The largest absolute Gasteiger partial charge is 0.348 e. The zero-order valence-corrected chi connectivity index (χ0v) is 12.3. The molecule has 1 N–H and O–H groups in total. The number of aromatic nitrogens is 2. The first kappa shape index (κ1) is 13.8. The fourth-order valence-electron chi connectivity index (χ4n) is 2.42. The van der Waals surface area contributed by atoms with Crippen molar-refractivity contribution in [2.24, 2.45) is 0 Å². The van der Waals surface area contributed by atoms with E-state index in [1.165, 1.54) is 6.08 Å². The van der Waals surface area contributed by atoms with Crippen molar-refractivity contribution in [2.45, 2.75) is 19.4 Å². The topological polar surface area (TPSA) is 80.5 Å². The molecule has 0 saturated carbocycles. The van der Waals surface area contributed by atoms with E-state index in [2.05, 4.69) is 10.3 Å². The maximum Gasteiger partial charge on any atom is 0.226 e. The highest BCUT2D eigenvalue weighted by Crippen LogP contribution is 2.12. The van der Waals surface area contributed by atoms with Crippen molar-refractivity contribution in [1.82, 2.24) is 14.7 Å². The van der Waals surface area contributed by atoms with Crippen LogP contribution >= 0.6 is 0 Å². The minimum atomic E-state index is -3.16. The molecule has 0 spiro atoms. The van der Waals surface area contributed by atoms with Gasteiger partial charge in [-0.1, -0.05) is 6.07 Å². The van der Waals surface area contributed by atoms with E-state index in [0.29, 0.717) is 0 Å². The lowest BCUT2D eigenvalue weighted by molar-refractivity contribution is -0.120. The smallest absolute Gasteiger partial charge is 0.226 e. The summed E-state index contributed by atoms with van der Waals surface area (Å²) in [7, 11) is -3.16. The molecule has 0 bridgehead atoms. The van der Waals surface area contributed by atoms with Gasteiger partial charge >= 0.3 is 0 Å². The average molecular weight is 305 g/mol. The maximum absolute atomic E-state index is 12.0. The monoisotopic (exact) mass is 305 g/mol. The minimum absolute atomic E-state index is 0.0645. The van der Waals surface area contributed by atoms with Gasteiger partial charge in [-0.05, 0) is 24.6 Å². The molecule has 3 heterocycles. The number of carbonyl (C=O) groups is 1. The van der Waals surface area contributed by atoms with Crippen molar-refractivity contribution in [2.75, 3.05) is 5.75 Å². The second kappa shape index (κ2) is 5.00. The zero-order valence-electron chi connectivity index (χ0n) is 11.5. The van der Waals surface area contributed by atoms with Gasteiger partial charge in [-0.25, -0.2) is 13.4 Å². The summed E-state index contributed by atoms with van der Waals surface area (Å²) >= 11 is 0. The van der Waals surface area contributed by atoms with Crippen LogP contribution in [0.1, 0.15) is 11.3 Å². The third kappa shape index (κ3) is 2.82. The van der Waals surface area contributed by atoms with Gasteiger partial charge in [0.25, 0.3) is 0 Å². The summed E-state index contributed by atoms with van der Waals surface area (Å²) in [4.78, 5) is 16.3. The third-order valence-electron chi connectivity index (χ3n) is 3.43. The molecule has 0 unspecified atom stereocenters. The highest BCUT2D eigenvalue weighted by molar-refractivity contribution is 7.94. The fraction of sp³-hybridized carbons (Fsp3) is 0.286. The summed E-state index contributed by atoms with van der Waals surface area (Å²) in [5, 5.41) is 3.85. The molecular weight excluding hydrogens is 290 g/mol. The molecule has 21 heavy (non-hydrogen) atoms. The van der Waals surface area contributed by atoms with Crippen LogP contribution in [0, 0.1) is 6.92 Å². The molecule has 6 nitrogen and oxygen atoms in total. The Bertz CT molecular complexity index is 836. The molecule has 1 aliphatic heterocycles. The van der Waals surface area contributed by atoms with Gasteiger partial charge in [-0.2, -0.15) is 0 Å². The first-order chi connectivity index (χ1) is 9.94. The van der Waals surface area contributed by atoms with Crippen molar-refractivity contribution in [1.29, 1.82) is 0 Å². The van der Waals surface area contributed by atoms with E-state index in [9.17, 15) is 13.2 Å². The van der Waals surface area contributed by atoms with Gasteiger partial charge in [0.05, 0.1) is 23.9 Å². The fourth-order valence-corrected chi connectivity index (χ4v) is 3.66. The molecule has 0 fully saturated rings. The second-order valence-electron chi connectivity index (χ2n) is 5.14. The van der Waals surface area contributed by atoms with E-state index in [0.717, 1.165) is 22.3 Å². The molecule has 0 radical (unpaired) electrons. The molecule has 110 valence electrons. The van der Waals surface area contributed by atoms with E-state index in [1.807, 2.05) is 29.7 Å². The summed E-state index contributed by atoms with van der Waals surface area (Å²) in [6.45, 7) is 1.96. The molecule has 2 aromatic rings. The van der Waals surface area contributed by atoms with Crippen LogP contribution in [0.2, 0.25) is 0 Å². The molecular formula is C14H15N3O3S. The van der Waals surface area contributed by atoms with Gasteiger partial charge in [-0.15, -0.1) is 0 Å². The van der Waals surface area contributed by atoms with Crippen LogP contribution in [-0.4, -0.2) is 35.5 Å². The van der Waals surface area contributed by atoms with Crippen LogP contribution in [0.25, 0.3) is 5.65 Å². The van der Waals surface area contributed by atoms with Gasteiger partial charge in [-0.3, -0.25) is 4.79 Å². The van der Waals surface area contributed by atoms with Gasteiger partial charge in [0.1, 0.15) is 5.65 Å². The Kier molecular flexibility index (Phi) is 3.29. The van der Waals surface area contributed by atoms with Gasteiger partial charge in [0.2, 0.25) is 5.91 Å². The Labute approximate surface area is 122 Å². The summed E-state index contributed by atoms with van der Waals surface area (Å²) in [5.74, 6) is -0.282. The summed E-state index contributed by atoms with van der Waals surface area (Å²) in [6.07, 6.45) is 5.20. The number of nitrogens with one attached hydrogen (secondary N) is 1. The van der Waals surface area contributed by atoms with Crippen molar-refractivity contribution in [3.8, 4) is 0 Å². The first-order valence-electron chi connectivity index (χ1n) is 6.56. The van der Waals surface area contributed by atoms with Crippen molar-refractivity contribution < 1.29 is 13.2 Å². The number of rotatable bonds is 3. The van der Waals surface area contributed by atoms with Gasteiger partial charge in [0.15, 0.2) is 9.84 Å². The number of pyridine rings is 1. The molecule has 2 aromatic heterocycles. The molecule has 1 amide bonds. The normalized spacial score (nSPS) is 20.0. The van der Waals surface area contributed by atoms with E-state index < -0.39 is 15.9 Å². The molecule has 0 aliphatic carbocycles. The van der Waals surface area contributed by atoms with E-state index in [1.54, 1.807) is 6.20 Å². The Balaban J connectivity index is 1.73. The van der Waals surface area contributed by atoms with Crippen LogP contribution in [0.3, 0.4) is 0 Å². The Hall–Kier alpha value is -2.15. The van der Waals surface area contributed by atoms with E-state index in [-0.39, 0.29) is 18.1 Å². The maximum atomic E-state index is 12.0. The van der Waals surface area contributed by atoms with Crippen LogP contribution in [0.5, 0.6) is 0 Å². The molecule has 3 rings (SSSR count). The standard InChI is InChI=1S/C14H15N3O3S/c1-10-3-2-5-17-12(8-15-14(10)17)7-13(18)16-11-4-6-21(19,20)9-11/h2-6,8,11H,7,9H2,1H3,(H,16,18)/t11-/m1/s1. The summed E-state index contributed by atoms with van der Waals surface area (Å²) in [6, 6.07) is 3.42. The van der Waals surface area contributed by atoms with Crippen LogP contribution in [0.4, 0.5) is 0 Å². The summed E-state index contributed by atoms with van der Waals surface area (Å²) in [5.41, 5.74) is 2.63. The Morgan fingerprint density at radius 3 is 3.05 bits per heavy atom. The lowest BCUT2D eigenvalue weighted by Gasteiger charge is -2.09. The number of carbonyl (C=O) groups excluding carboxylic acids is 1. The van der Waals surface area contributed by atoms with Crippen molar-refractivity contribution in [3.63, 3.8) is 0 Å². The zero-order chi connectivity index (χ0) is 15.0.